The molecular formula is C17H18F3N3O4S. The Balaban J connectivity index is 1.62. The minimum Gasteiger partial charge on any atom is -0.497 e. The molecule has 2 aromatic rings. The van der Waals surface area contributed by atoms with Crippen LogP contribution in [0.5, 0.6) is 11.8 Å². The van der Waals surface area contributed by atoms with Crippen LogP contribution in [0.15, 0.2) is 41.4 Å². The second-order valence-corrected chi connectivity index (χ2v) is 8.06. The monoisotopic (exact) mass is 417 g/mol. The van der Waals surface area contributed by atoms with E-state index in [1.54, 1.807) is 12.1 Å². The third-order valence-corrected chi connectivity index (χ3v) is 6.21. The van der Waals surface area contributed by atoms with Gasteiger partial charge in [0, 0.05) is 19.3 Å². The van der Waals surface area contributed by atoms with E-state index in [4.69, 9.17) is 9.47 Å². The number of halogens is 3. The highest BCUT2D eigenvalue weighted by molar-refractivity contribution is 7.89. The average Bonchev–Trinajstić information content (AvgIpc) is 2.68. The summed E-state index contributed by atoms with van der Waals surface area (Å²) in [5, 5.41) is 0. The van der Waals surface area contributed by atoms with E-state index in [0.717, 1.165) is 12.3 Å². The summed E-state index contributed by atoms with van der Waals surface area (Å²) in [7, 11) is -2.18. The van der Waals surface area contributed by atoms with Crippen LogP contribution in [0, 0.1) is 0 Å². The third kappa shape index (κ3) is 4.53. The maximum atomic E-state index is 12.7. The predicted octanol–water partition coefficient (Wildman–Crippen LogP) is 2.74. The molecule has 0 bridgehead atoms. The van der Waals surface area contributed by atoms with Gasteiger partial charge in [-0.15, -0.1) is 0 Å². The lowest BCUT2D eigenvalue weighted by atomic mass is 10.1. The molecule has 1 saturated heterocycles. The van der Waals surface area contributed by atoms with Crippen molar-refractivity contribution in [2.24, 2.45) is 0 Å². The number of aromatic nitrogens is 2. The van der Waals surface area contributed by atoms with Crippen LogP contribution < -0.4 is 9.47 Å². The summed E-state index contributed by atoms with van der Waals surface area (Å²) in [6, 6.07) is 6.45. The topological polar surface area (TPSA) is 81.6 Å². The molecular weight excluding hydrogens is 399 g/mol. The van der Waals surface area contributed by atoms with Crippen molar-refractivity contribution in [1.82, 2.24) is 14.3 Å². The molecule has 0 unspecified atom stereocenters. The Kier molecular flexibility index (Phi) is 5.75. The van der Waals surface area contributed by atoms with E-state index in [0.29, 0.717) is 18.6 Å². The van der Waals surface area contributed by atoms with Crippen molar-refractivity contribution in [2.45, 2.75) is 30.0 Å². The van der Waals surface area contributed by atoms with Crippen LogP contribution in [0.1, 0.15) is 18.5 Å². The van der Waals surface area contributed by atoms with Gasteiger partial charge < -0.3 is 9.47 Å². The number of sulfonamides is 1. The summed E-state index contributed by atoms with van der Waals surface area (Å²) >= 11 is 0. The second kappa shape index (κ2) is 7.92. The number of nitrogens with zero attached hydrogens (tertiary/aromatic N) is 3. The molecule has 0 N–H and O–H groups in total. The van der Waals surface area contributed by atoms with Crippen LogP contribution in [0.3, 0.4) is 0 Å². The SMILES string of the molecule is COc1ccc(S(=O)(=O)N2CCC(Oc3nccc(C(F)(F)F)n3)CC2)cc1. The molecule has 0 aliphatic carbocycles. The number of hydrogen-bond acceptors (Lipinski definition) is 6. The van der Waals surface area contributed by atoms with E-state index in [1.807, 2.05) is 0 Å². The fourth-order valence-corrected chi connectivity index (χ4v) is 4.26. The van der Waals surface area contributed by atoms with Crippen LogP contribution in [-0.4, -0.2) is 49.0 Å². The summed E-state index contributed by atoms with van der Waals surface area (Å²) < 4.78 is 75.3. The van der Waals surface area contributed by atoms with Crippen molar-refractivity contribution in [3.63, 3.8) is 0 Å². The van der Waals surface area contributed by atoms with Gasteiger partial charge in [0.25, 0.3) is 0 Å². The molecule has 0 saturated carbocycles. The van der Waals surface area contributed by atoms with Gasteiger partial charge >= 0.3 is 12.2 Å². The first kappa shape index (κ1) is 20.3. The molecule has 7 nitrogen and oxygen atoms in total. The van der Waals surface area contributed by atoms with E-state index >= 15 is 0 Å². The number of ether oxygens (including phenoxy) is 2. The minimum absolute atomic E-state index is 0.147. The highest BCUT2D eigenvalue weighted by atomic mass is 32.2. The number of benzene rings is 1. The molecule has 1 fully saturated rings. The third-order valence-electron chi connectivity index (χ3n) is 4.29. The Bertz CT molecular complexity index is 912. The van der Waals surface area contributed by atoms with Gasteiger partial charge in [-0.3, -0.25) is 0 Å². The molecule has 1 aliphatic heterocycles. The number of alkyl halides is 3. The first-order valence-electron chi connectivity index (χ1n) is 8.41. The van der Waals surface area contributed by atoms with E-state index < -0.39 is 28.0 Å². The van der Waals surface area contributed by atoms with Gasteiger partial charge in [0.15, 0.2) is 5.69 Å². The van der Waals surface area contributed by atoms with Gasteiger partial charge in [-0.2, -0.15) is 22.5 Å². The van der Waals surface area contributed by atoms with Gasteiger partial charge in [-0.25, -0.2) is 13.4 Å². The van der Waals surface area contributed by atoms with Gasteiger partial charge in [-0.05, 0) is 43.2 Å². The zero-order valence-electron chi connectivity index (χ0n) is 14.9. The number of piperidine rings is 1. The largest absolute Gasteiger partial charge is 0.497 e. The van der Waals surface area contributed by atoms with Gasteiger partial charge in [0.2, 0.25) is 10.0 Å². The molecule has 11 heteroatoms. The standard InChI is InChI=1S/C17H18F3N3O4S/c1-26-12-2-4-14(5-3-12)28(24,25)23-10-7-13(8-11-23)27-16-21-9-6-15(22-16)17(18,19)20/h2-6,9,13H,7-8,10-11H2,1H3. The van der Waals surface area contributed by atoms with E-state index in [2.05, 4.69) is 9.97 Å². The Morgan fingerprint density at radius 1 is 1.11 bits per heavy atom. The number of methoxy groups -OCH3 is 1. The van der Waals surface area contributed by atoms with Crippen molar-refractivity contribution in [3.05, 3.63) is 42.2 Å². The Morgan fingerprint density at radius 3 is 2.32 bits per heavy atom. The first-order valence-corrected chi connectivity index (χ1v) is 9.85. The van der Waals surface area contributed by atoms with Crippen molar-refractivity contribution in [1.29, 1.82) is 0 Å². The molecule has 28 heavy (non-hydrogen) atoms. The summed E-state index contributed by atoms with van der Waals surface area (Å²) in [5.41, 5.74) is -1.09. The van der Waals surface area contributed by atoms with Crippen LogP contribution >= 0.6 is 0 Å². The quantitative estimate of drug-likeness (QED) is 0.744. The second-order valence-electron chi connectivity index (χ2n) is 6.12. The Hall–Kier alpha value is -2.40. The Labute approximate surface area is 160 Å². The molecule has 0 spiro atoms. The summed E-state index contributed by atoms with van der Waals surface area (Å²) in [5.74, 6) is 0.548. The molecule has 1 aromatic carbocycles. The highest BCUT2D eigenvalue weighted by Crippen LogP contribution is 2.29. The molecule has 3 rings (SSSR count). The van der Waals surface area contributed by atoms with Crippen molar-refractivity contribution in [2.75, 3.05) is 20.2 Å². The summed E-state index contributed by atoms with van der Waals surface area (Å²) in [6.45, 7) is 0.357. The molecule has 0 radical (unpaired) electrons. The number of hydrogen-bond donors (Lipinski definition) is 0. The van der Waals surface area contributed by atoms with Crippen molar-refractivity contribution < 1.29 is 31.1 Å². The molecule has 1 aromatic heterocycles. The maximum Gasteiger partial charge on any atom is 0.433 e. The lowest BCUT2D eigenvalue weighted by Crippen LogP contribution is -2.41. The van der Waals surface area contributed by atoms with Crippen LogP contribution in [-0.2, 0) is 16.2 Å². The van der Waals surface area contributed by atoms with E-state index in [-0.39, 0.29) is 24.0 Å². The molecule has 0 amide bonds. The smallest absolute Gasteiger partial charge is 0.433 e. The van der Waals surface area contributed by atoms with Crippen LogP contribution in [0.2, 0.25) is 0 Å². The first-order chi connectivity index (χ1) is 13.2. The molecule has 152 valence electrons. The maximum absolute atomic E-state index is 12.7. The normalized spacial score (nSPS) is 16.7. The van der Waals surface area contributed by atoms with Crippen molar-refractivity contribution >= 4 is 10.0 Å². The van der Waals surface area contributed by atoms with Crippen molar-refractivity contribution in [3.8, 4) is 11.8 Å². The minimum atomic E-state index is -4.59. The lowest BCUT2D eigenvalue weighted by Gasteiger charge is -2.30. The van der Waals surface area contributed by atoms with Gasteiger partial charge in [-0.1, -0.05) is 0 Å². The van der Waals surface area contributed by atoms with Gasteiger partial charge in [0.05, 0.1) is 12.0 Å². The summed E-state index contributed by atoms with van der Waals surface area (Å²) in [4.78, 5) is 7.22. The van der Waals surface area contributed by atoms with Crippen LogP contribution in [0.25, 0.3) is 0 Å². The zero-order valence-corrected chi connectivity index (χ0v) is 15.7. The zero-order chi connectivity index (χ0) is 20.4. The fourth-order valence-electron chi connectivity index (χ4n) is 2.79. The molecule has 0 atom stereocenters. The molecule has 2 heterocycles. The van der Waals surface area contributed by atoms with Gasteiger partial charge in [0.1, 0.15) is 11.9 Å². The highest BCUT2D eigenvalue weighted by Gasteiger charge is 2.34. The van der Waals surface area contributed by atoms with E-state index in [1.165, 1.54) is 23.5 Å². The van der Waals surface area contributed by atoms with Crippen LogP contribution in [0.4, 0.5) is 13.2 Å². The van der Waals surface area contributed by atoms with E-state index in [9.17, 15) is 21.6 Å². The predicted molar refractivity (Wildman–Crippen MR) is 92.4 cm³/mol. The summed E-state index contributed by atoms with van der Waals surface area (Å²) in [6.07, 6.45) is -3.44. The average molecular weight is 417 g/mol. The fraction of sp³-hybridized carbons (Fsp3) is 0.412. The molecule has 1 aliphatic rings. The lowest BCUT2D eigenvalue weighted by molar-refractivity contribution is -0.141. The number of rotatable bonds is 5. The Morgan fingerprint density at radius 2 is 1.75 bits per heavy atom.